The fraction of sp³-hybridized carbons (Fsp3) is 0.381. The van der Waals surface area contributed by atoms with Crippen molar-refractivity contribution in [2.75, 3.05) is 11.9 Å². The second-order valence-corrected chi connectivity index (χ2v) is 6.54. The molecule has 1 fully saturated rings. The van der Waals surface area contributed by atoms with Crippen molar-refractivity contribution in [1.29, 1.82) is 0 Å². The fourth-order valence-electron chi connectivity index (χ4n) is 3.20. The Balaban J connectivity index is 1.54. The summed E-state index contributed by atoms with van der Waals surface area (Å²) < 4.78 is 0. The van der Waals surface area contributed by atoms with Gasteiger partial charge in [0.2, 0.25) is 0 Å². The Morgan fingerprint density at radius 3 is 2.52 bits per heavy atom. The van der Waals surface area contributed by atoms with Gasteiger partial charge in [-0.3, -0.25) is 4.98 Å². The molecule has 120 valence electrons. The van der Waals surface area contributed by atoms with E-state index in [1.807, 2.05) is 25.1 Å². The first-order chi connectivity index (χ1) is 11.3. The number of hydrogen-bond acceptors (Lipinski definition) is 2. The quantitative estimate of drug-likeness (QED) is 0.783. The van der Waals surface area contributed by atoms with Gasteiger partial charge in [-0.15, -0.1) is 0 Å². The van der Waals surface area contributed by atoms with Crippen LogP contribution in [0.25, 0.3) is 12.2 Å². The zero-order valence-electron chi connectivity index (χ0n) is 14.0. The average molecular weight is 306 g/mol. The van der Waals surface area contributed by atoms with Crippen LogP contribution >= 0.6 is 0 Å². The molecular weight excluding hydrogens is 280 g/mol. The number of aryl methyl sites for hydroxylation is 1. The molecule has 1 N–H and O–H groups in total. The molecule has 0 unspecified atom stereocenters. The molecule has 3 rings (SSSR count). The van der Waals surface area contributed by atoms with Crippen LogP contribution in [0.15, 0.2) is 42.5 Å². The largest absolute Gasteiger partial charge is 0.385 e. The van der Waals surface area contributed by atoms with E-state index in [4.69, 9.17) is 0 Å². The summed E-state index contributed by atoms with van der Waals surface area (Å²) in [6, 6.07) is 14.8. The molecule has 2 aromatic rings. The monoisotopic (exact) mass is 306 g/mol. The van der Waals surface area contributed by atoms with E-state index in [0.717, 1.165) is 23.9 Å². The maximum Gasteiger partial charge on any atom is 0.0633 e. The Bertz CT molecular complexity index is 637. The molecule has 0 amide bonds. The standard InChI is InChI=1S/C21H26N2/c1-17-6-5-9-21(23-17)15-12-18-10-13-20(14-11-18)22-16-19-7-3-2-4-8-19/h5-6,9-15,19,22H,2-4,7-8,16H2,1H3. The number of rotatable bonds is 5. The SMILES string of the molecule is Cc1cccc(C=Cc2ccc(NCC3CCCCC3)cc2)n1. The summed E-state index contributed by atoms with van der Waals surface area (Å²) in [5.41, 5.74) is 4.48. The number of nitrogens with one attached hydrogen (secondary N) is 1. The van der Waals surface area contributed by atoms with Crippen LogP contribution < -0.4 is 5.32 Å². The topological polar surface area (TPSA) is 24.9 Å². The molecule has 0 saturated heterocycles. The van der Waals surface area contributed by atoms with Crippen LogP contribution in [0.5, 0.6) is 0 Å². The van der Waals surface area contributed by atoms with Gasteiger partial charge in [0.05, 0.1) is 5.69 Å². The molecule has 2 heteroatoms. The van der Waals surface area contributed by atoms with Crippen LogP contribution in [0.4, 0.5) is 5.69 Å². The Morgan fingerprint density at radius 2 is 1.78 bits per heavy atom. The van der Waals surface area contributed by atoms with Gasteiger partial charge >= 0.3 is 0 Å². The zero-order chi connectivity index (χ0) is 15.9. The summed E-state index contributed by atoms with van der Waals surface area (Å²) in [6.07, 6.45) is 11.2. The maximum absolute atomic E-state index is 4.49. The lowest BCUT2D eigenvalue weighted by molar-refractivity contribution is 0.373. The molecule has 0 spiro atoms. The first-order valence-corrected chi connectivity index (χ1v) is 8.75. The van der Waals surface area contributed by atoms with Gasteiger partial charge < -0.3 is 5.32 Å². The van der Waals surface area contributed by atoms with Crippen LogP contribution in [0.3, 0.4) is 0 Å². The third-order valence-electron chi connectivity index (χ3n) is 4.59. The highest BCUT2D eigenvalue weighted by Gasteiger charge is 2.12. The predicted octanol–water partition coefficient (Wildman–Crippen LogP) is 5.55. The number of aromatic nitrogens is 1. The Morgan fingerprint density at radius 1 is 1.00 bits per heavy atom. The van der Waals surface area contributed by atoms with Gasteiger partial charge in [0.15, 0.2) is 0 Å². The second-order valence-electron chi connectivity index (χ2n) is 6.54. The average Bonchev–Trinajstić information content (AvgIpc) is 2.60. The fourth-order valence-corrected chi connectivity index (χ4v) is 3.20. The van der Waals surface area contributed by atoms with Crippen LogP contribution in [0.1, 0.15) is 49.1 Å². The van der Waals surface area contributed by atoms with Crippen molar-refractivity contribution < 1.29 is 0 Å². The number of nitrogens with zero attached hydrogens (tertiary/aromatic N) is 1. The minimum absolute atomic E-state index is 0.857. The van der Waals surface area contributed by atoms with Crippen molar-refractivity contribution in [3.8, 4) is 0 Å². The maximum atomic E-state index is 4.49. The molecular formula is C21H26N2. The molecule has 1 saturated carbocycles. The van der Waals surface area contributed by atoms with Crippen molar-refractivity contribution >= 4 is 17.8 Å². The first-order valence-electron chi connectivity index (χ1n) is 8.75. The number of benzene rings is 1. The van der Waals surface area contributed by atoms with Gasteiger partial charge in [0.1, 0.15) is 0 Å². The van der Waals surface area contributed by atoms with Gasteiger partial charge in [0.25, 0.3) is 0 Å². The summed E-state index contributed by atoms with van der Waals surface area (Å²) in [5.74, 6) is 0.857. The molecule has 23 heavy (non-hydrogen) atoms. The van der Waals surface area contributed by atoms with Crippen molar-refractivity contribution in [1.82, 2.24) is 4.98 Å². The summed E-state index contributed by atoms with van der Waals surface area (Å²) in [4.78, 5) is 4.49. The lowest BCUT2D eigenvalue weighted by atomic mass is 9.89. The minimum Gasteiger partial charge on any atom is -0.385 e. The van der Waals surface area contributed by atoms with Crippen molar-refractivity contribution in [2.45, 2.75) is 39.0 Å². The van der Waals surface area contributed by atoms with Crippen LogP contribution in [-0.2, 0) is 0 Å². The van der Waals surface area contributed by atoms with Gasteiger partial charge in [0, 0.05) is 17.9 Å². The minimum atomic E-state index is 0.857. The molecule has 0 atom stereocenters. The molecule has 0 aliphatic heterocycles. The van der Waals surface area contributed by atoms with Gasteiger partial charge in [-0.25, -0.2) is 0 Å². The van der Waals surface area contributed by atoms with E-state index in [9.17, 15) is 0 Å². The van der Waals surface area contributed by atoms with E-state index in [0.29, 0.717) is 0 Å². The highest BCUT2D eigenvalue weighted by Crippen LogP contribution is 2.24. The number of anilines is 1. The Labute approximate surface area is 139 Å². The number of pyridine rings is 1. The lowest BCUT2D eigenvalue weighted by Crippen LogP contribution is -2.16. The third kappa shape index (κ3) is 4.95. The number of hydrogen-bond donors (Lipinski definition) is 1. The molecule has 2 nitrogen and oxygen atoms in total. The van der Waals surface area contributed by atoms with Gasteiger partial charge in [-0.1, -0.05) is 43.5 Å². The van der Waals surface area contributed by atoms with Crippen molar-refractivity contribution in [2.24, 2.45) is 5.92 Å². The first kappa shape index (κ1) is 15.8. The van der Waals surface area contributed by atoms with Crippen LogP contribution in [-0.4, -0.2) is 11.5 Å². The van der Waals surface area contributed by atoms with Crippen molar-refractivity contribution in [3.63, 3.8) is 0 Å². The third-order valence-corrected chi connectivity index (χ3v) is 4.59. The Hall–Kier alpha value is -2.09. The summed E-state index contributed by atoms with van der Waals surface area (Å²) in [5, 5.41) is 3.59. The molecule has 1 aromatic carbocycles. The van der Waals surface area contributed by atoms with Gasteiger partial charge in [-0.2, -0.15) is 0 Å². The molecule has 1 heterocycles. The molecule has 1 aliphatic rings. The van der Waals surface area contributed by atoms with Crippen LogP contribution in [0.2, 0.25) is 0 Å². The van der Waals surface area contributed by atoms with E-state index in [2.05, 4.69) is 46.7 Å². The highest BCUT2D eigenvalue weighted by atomic mass is 14.9. The molecule has 1 aromatic heterocycles. The summed E-state index contributed by atoms with van der Waals surface area (Å²) in [7, 11) is 0. The Kier molecular flexibility index (Phi) is 5.46. The second kappa shape index (κ2) is 7.96. The summed E-state index contributed by atoms with van der Waals surface area (Å²) in [6.45, 7) is 3.13. The van der Waals surface area contributed by atoms with E-state index in [-0.39, 0.29) is 0 Å². The molecule has 1 aliphatic carbocycles. The highest BCUT2D eigenvalue weighted by molar-refractivity contribution is 5.69. The van der Waals surface area contributed by atoms with Gasteiger partial charge in [-0.05, 0) is 61.6 Å². The summed E-state index contributed by atoms with van der Waals surface area (Å²) >= 11 is 0. The zero-order valence-corrected chi connectivity index (χ0v) is 14.0. The van der Waals surface area contributed by atoms with E-state index >= 15 is 0 Å². The van der Waals surface area contributed by atoms with Crippen LogP contribution in [0, 0.1) is 12.8 Å². The molecule has 0 bridgehead atoms. The van der Waals surface area contributed by atoms with E-state index in [1.54, 1.807) is 0 Å². The van der Waals surface area contributed by atoms with E-state index in [1.165, 1.54) is 43.4 Å². The van der Waals surface area contributed by atoms with Crippen molar-refractivity contribution in [3.05, 3.63) is 59.4 Å². The van der Waals surface area contributed by atoms with E-state index < -0.39 is 0 Å². The predicted molar refractivity (Wildman–Crippen MR) is 99.4 cm³/mol. The smallest absolute Gasteiger partial charge is 0.0633 e. The lowest BCUT2D eigenvalue weighted by Gasteiger charge is -2.22. The normalized spacial score (nSPS) is 15.9. The molecule has 0 radical (unpaired) electrons.